The molecule has 2 aliphatic rings. The third-order valence-corrected chi connectivity index (χ3v) is 4.16. The molecule has 0 atom stereocenters. The molecule has 2 heterocycles. The van der Waals surface area contributed by atoms with Crippen LogP contribution in [-0.4, -0.2) is 25.7 Å². The second kappa shape index (κ2) is 6.89. The van der Waals surface area contributed by atoms with E-state index in [9.17, 15) is 4.79 Å². The number of rotatable bonds is 3. The SMILES string of the molecule is O=C(/C=C/c1ccc2c(c1)CCO2)Nc1ccc2c(c1)OCCCO2. The van der Waals surface area contributed by atoms with Crippen LogP contribution in [-0.2, 0) is 11.2 Å². The van der Waals surface area contributed by atoms with Crippen LogP contribution < -0.4 is 19.5 Å². The number of amides is 1. The van der Waals surface area contributed by atoms with Gasteiger partial charge in [0, 0.05) is 30.7 Å². The van der Waals surface area contributed by atoms with Crippen molar-refractivity contribution >= 4 is 17.7 Å². The third-order valence-electron chi connectivity index (χ3n) is 4.16. The molecule has 0 spiro atoms. The van der Waals surface area contributed by atoms with Crippen molar-refractivity contribution in [1.82, 2.24) is 0 Å². The van der Waals surface area contributed by atoms with Crippen LogP contribution in [0.25, 0.3) is 6.08 Å². The number of anilines is 1. The predicted molar refractivity (Wildman–Crippen MR) is 95.4 cm³/mol. The van der Waals surface area contributed by atoms with E-state index in [4.69, 9.17) is 14.2 Å². The Morgan fingerprint density at radius 2 is 1.72 bits per heavy atom. The Balaban J connectivity index is 1.42. The number of hydrogen-bond acceptors (Lipinski definition) is 4. The highest BCUT2D eigenvalue weighted by molar-refractivity contribution is 6.02. The van der Waals surface area contributed by atoms with Gasteiger partial charge in [0.15, 0.2) is 11.5 Å². The molecule has 0 saturated heterocycles. The van der Waals surface area contributed by atoms with Crippen LogP contribution in [0.1, 0.15) is 17.5 Å². The molecule has 0 bridgehead atoms. The van der Waals surface area contributed by atoms with Crippen molar-refractivity contribution in [3.63, 3.8) is 0 Å². The summed E-state index contributed by atoms with van der Waals surface area (Å²) in [5.74, 6) is 2.13. The fourth-order valence-corrected chi connectivity index (χ4v) is 2.91. The maximum atomic E-state index is 12.2. The molecule has 0 saturated carbocycles. The van der Waals surface area contributed by atoms with Gasteiger partial charge >= 0.3 is 0 Å². The third kappa shape index (κ3) is 3.60. The highest BCUT2D eigenvalue weighted by atomic mass is 16.5. The van der Waals surface area contributed by atoms with Gasteiger partial charge in [0.2, 0.25) is 5.91 Å². The van der Waals surface area contributed by atoms with E-state index in [1.807, 2.05) is 24.3 Å². The molecule has 2 aliphatic heterocycles. The number of ether oxygens (including phenoxy) is 3. The zero-order valence-corrected chi connectivity index (χ0v) is 13.8. The molecule has 1 N–H and O–H groups in total. The average molecular weight is 337 g/mol. The number of nitrogens with one attached hydrogen (secondary N) is 1. The molecular formula is C20H19NO4. The van der Waals surface area contributed by atoms with E-state index < -0.39 is 0 Å². The van der Waals surface area contributed by atoms with E-state index >= 15 is 0 Å². The lowest BCUT2D eigenvalue weighted by molar-refractivity contribution is -0.111. The number of carbonyl (C=O) groups excluding carboxylic acids is 1. The Labute approximate surface area is 146 Å². The molecule has 0 aromatic heterocycles. The van der Waals surface area contributed by atoms with Gasteiger partial charge in [0.25, 0.3) is 0 Å². The Bertz CT molecular complexity index is 828. The van der Waals surface area contributed by atoms with Crippen molar-refractivity contribution in [2.75, 3.05) is 25.1 Å². The summed E-state index contributed by atoms with van der Waals surface area (Å²) in [5, 5.41) is 2.85. The lowest BCUT2D eigenvalue weighted by Gasteiger charge is -2.09. The molecule has 0 unspecified atom stereocenters. The van der Waals surface area contributed by atoms with Crippen molar-refractivity contribution < 1.29 is 19.0 Å². The fraction of sp³-hybridized carbons (Fsp3) is 0.250. The number of fused-ring (bicyclic) bond motifs is 2. The average Bonchev–Trinajstić information content (AvgIpc) is 2.96. The van der Waals surface area contributed by atoms with Crippen molar-refractivity contribution in [2.24, 2.45) is 0 Å². The standard InChI is InChI=1S/C20H19NO4/c22-20(7-3-14-2-5-17-15(12-14)8-11-25-17)21-16-4-6-18-19(13-16)24-10-1-9-23-18/h2-7,12-13H,1,8-11H2,(H,21,22)/b7-3+. The van der Waals surface area contributed by atoms with Crippen molar-refractivity contribution in [3.05, 3.63) is 53.6 Å². The monoisotopic (exact) mass is 337 g/mol. The summed E-state index contributed by atoms with van der Waals surface area (Å²) in [6, 6.07) is 11.4. The predicted octanol–water partition coefficient (Wildman–Crippen LogP) is 3.43. The molecular weight excluding hydrogens is 318 g/mol. The minimum atomic E-state index is -0.189. The van der Waals surface area contributed by atoms with Gasteiger partial charge in [-0.25, -0.2) is 0 Å². The van der Waals surface area contributed by atoms with E-state index in [-0.39, 0.29) is 5.91 Å². The summed E-state index contributed by atoms with van der Waals surface area (Å²) in [7, 11) is 0. The van der Waals surface area contributed by atoms with Crippen LogP contribution >= 0.6 is 0 Å². The summed E-state index contributed by atoms with van der Waals surface area (Å²) in [6.07, 6.45) is 5.10. The highest BCUT2D eigenvalue weighted by Crippen LogP contribution is 2.32. The largest absolute Gasteiger partial charge is 0.493 e. The summed E-state index contributed by atoms with van der Waals surface area (Å²) < 4.78 is 16.7. The first-order chi connectivity index (χ1) is 12.3. The van der Waals surface area contributed by atoms with Crippen LogP contribution in [0.3, 0.4) is 0 Å². The lowest BCUT2D eigenvalue weighted by atomic mass is 10.1. The van der Waals surface area contributed by atoms with Gasteiger partial charge in [-0.05, 0) is 41.5 Å². The van der Waals surface area contributed by atoms with Crippen molar-refractivity contribution in [2.45, 2.75) is 12.8 Å². The Morgan fingerprint density at radius 3 is 2.64 bits per heavy atom. The van der Waals surface area contributed by atoms with Crippen LogP contribution in [0, 0.1) is 0 Å². The molecule has 0 fully saturated rings. The molecule has 5 heteroatoms. The molecule has 1 amide bonds. The number of hydrogen-bond donors (Lipinski definition) is 1. The minimum absolute atomic E-state index is 0.189. The van der Waals surface area contributed by atoms with Crippen LogP contribution in [0.15, 0.2) is 42.5 Å². The molecule has 2 aromatic rings. The summed E-state index contributed by atoms with van der Waals surface area (Å²) >= 11 is 0. The van der Waals surface area contributed by atoms with Crippen LogP contribution in [0.2, 0.25) is 0 Å². The van der Waals surface area contributed by atoms with Crippen LogP contribution in [0.5, 0.6) is 17.2 Å². The normalized spacial score (nSPS) is 15.4. The van der Waals surface area contributed by atoms with Gasteiger partial charge in [-0.1, -0.05) is 6.07 Å². The Kier molecular flexibility index (Phi) is 4.29. The zero-order chi connectivity index (χ0) is 17.1. The zero-order valence-electron chi connectivity index (χ0n) is 13.8. The van der Waals surface area contributed by atoms with E-state index in [1.165, 1.54) is 11.6 Å². The first kappa shape index (κ1) is 15.6. The lowest BCUT2D eigenvalue weighted by Crippen LogP contribution is -2.08. The van der Waals surface area contributed by atoms with Crippen molar-refractivity contribution in [3.8, 4) is 17.2 Å². The second-order valence-electron chi connectivity index (χ2n) is 6.00. The Morgan fingerprint density at radius 1 is 0.920 bits per heavy atom. The van der Waals surface area contributed by atoms with Gasteiger partial charge in [-0.3, -0.25) is 4.79 Å². The molecule has 128 valence electrons. The fourth-order valence-electron chi connectivity index (χ4n) is 2.91. The van der Waals surface area contributed by atoms with E-state index in [0.717, 1.165) is 30.8 Å². The maximum Gasteiger partial charge on any atom is 0.248 e. The van der Waals surface area contributed by atoms with E-state index in [2.05, 4.69) is 11.4 Å². The minimum Gasteiger partial charge on any atom is -0.493 e. The molecule has 4 rings (SSSR count). The second-order valence-corrected chi connectivity index (χ2v) is 6.00. The summed E-state index contributed by atoms with van der Waals surface area (Å²) in [5.41, 5.74) is 2.85. The Hall–Kier alpha value is -2.95. The molecule has 5 nitrogen and oxygen atoms in total. The van der Waals surface area contributed by atoms with Gasteiger partial charge < -0.3 is 19.5 Å². The maximum absolute atomic E-state index is 12.2. The van der Waals surface area contributed by atoms with Crippen molar-refractivity contribution in [1.29, 1.82) is 0 Å². The van der Waals surface area contributed by atoms with Gasteiger partial charge in [-0.2, -0.15) is 0 Å². The van der Waals surface area contributed by atoms with Gasteiger partial charge in [0.05, 0.1) is 19.8 Å². The summed E-state index contributed by atoms with van der Waals surface area (Å²) in [6.45, 7) is 1.99. The smallest absolute Gasteiger partial charge is 0.248 e. The van der Waals surface area contributed by atoms with Gasteiger partial charge in [0.1, 0.15) is 5.75 Å². The molecule has 25 heavy (non-hydrogen) atoms. The number of benzene rings is 2. The summed E-state index contributed by atoms with van der Waals surface area (Å²) in [4.78, 5) is 12.2. The molecule has 0 radical (unpaired) electrons. The van der Waals surface area contributed by atoms with Gasteiger partial charge in [-0.15, -0.1) is 0 Å². The first-order valence-electron chi connectivity index (χ1n) is 8.42. The number of carbonyl (C=O) groups is 1. The van der Waals surface area contributed by atoms with Crippen LogP contribution in [0.4, 0.5) is 5.69 Å². The highest BCUT2D eigenvalue weighted by Gasteiger charge is 2.12. The molecule has 0 aliphatic carbocycles. The topological polar surface area (TPSA) is 56.8 Å². The van der Waals surface area contributed by atoms with E-state index in [0.29, 0.717) is 30.4 Å². The molecule has 2 aromatic carbocycles. The van der Waals surface area contributed by atoms with E-state index in [1.54, 1.807) is 12.1 Å². The quantitative estimate of drug-likeness (QED) is 0.872. The first-order valence-corrected chi connectivity index (χ1v) is 8.42.